The van der Waals surface area contributed by atoms with Crippen LogP contribution in [0.5, 0.6) is 0 Å². The van der Waals surface area contributed by atoms with Gasteiger partial charge in [0, 0.05) is 29.8 Å². The van der Waals surface area contributed by atoms with Gasteiger partial charge in [0.2, 0.25) is 0 Å². The standard InChI is InChI=1S/C14H21NOS/c1-2-16-13-10-12(11-13)15-8-9-17-14-6-4-3-5-7-14/h3-7,12-13,15H,2,8-11H2,1H3. The van der Waals surface area contributed by atoms with Crippen LogP contribution in [-0.2, 0) is 4.74 Å². The third-order valence-corrected chi connectivity index (χ3v) is 4.06. The van der Waals surface area contributed by atoms with Crippen molar-refractivity contribution in [2.45, 2.75) is 36.8 Å². The van der Waals surface area contributed by atoms with Gasteiger partial charge in [-0.15, -0.1) is 11.8 Å². The molecule has 2 rings (SSSR count). The van der Waals surface area contributed by atoms with Gasteiger partial charge >= 0.3 is 0 Å². The molecule has 1 saturated carbocycles. The number of benzene rings is 1. The van der Waals surface area contributed by atoms with Crippen molar-refractivity contribution in [2.75, 3.05) is 18.9 Å². The van der Waals surface area contributed by atoms with E-state index >= 15 is 0 Å². The lowest BCUT2D eigenvalue weighted by atomic mass is 9.89. The van der Waals surface area contributed by atoms with E-state index in [2.05, 4.69) is 42.6 Å². The van der Waals surface area contributed by atoms with Gasteiger partial charge in [-0.05, 0) is 31.9 Å². The minimum absolute atomic E-state index is 0.513. The van der Waals surface area contributed by atoms with Crippen LogP contribution in [0.3, 0.4) is 0 Å². The summed E-state index contributed by atoms with van der Waals surface area (Å²) >= 11 is 1.91. The molecule has 1 aliphatic rings. The molecule has 1 aliphatic carbocycles. The molecule has 0 atom stereocenters. The molecule has 0 heterocycles. The molecule has 1 aromatic rings. The molecule has 0 bridgehead atoms. The van der Waals surface area contributed by atoms with Crippen LogP contribution in [0.15, 0.2) is 35.2 Å². The van der Waals surface area contributed by atoms with E-state index < -0.39 is 0 Å². The van der Waals surface area contributed by atoms with E-state index in [4.69, 9.17) is 4.74 Å². The van der Waals surface area contributed by atoms with Crippen LogP contribution < -0.4 is 5.32 Å². The zero-order chi connectivity index (χ0) is 11.9. The number of thioether (sulfide) groups is 1. The van der Waals surface area contributed by atoms with Crippen molar-refractivity contribution in [3.8, 4) is 0 Å². The van der Waals surface area contributed by atoms with Crippen molar-refractivity contribution in [3.05, 3.63) is 30.3 Å². The normalized spacial score (nSPS) is 23.4. The Morgan fingerprint density at radius 3 is 2.76 bits per heavy atom. The van der Waals surface area contributed by atoms with Crippen molar-refractivity contribution in [1.29, 1.82) is 0 Å². The van der Waals surface area contributed by atoms with Crippen molar-refractivity contribution in [2.24, 2.45) is 0 Å². The number of hydrogen-bond donors (Lipinski definition) is 1. The quantitative estimate of drug-likeness (QED) is 0.595. The van der Waals surface area contributed by atoms with Crippen LogP contribution in [-0.4, -0.2) is 31.1 Å². The molecular formula is C14H21NOS. The fourth-order valence-electron chi connectivity index (χ4n) is 2.05. The number of nitrogens with one attached hydrogen (secondary N) is 1. The molecule has 0 aromatic heterocycles. The van der Waals surface area contributed by atoms with Gasteiger partial charge in [-0.2, -0.15) is 0 Å². The zero-order valence-electron chi connectivity index (χ0n) is 10.4. The molecule has 0 amide bonds. The Balaban J connectivity index is 1.50. The number of ether oxygens (including phenoxy) is 1. The van der Waals surface area contributed by atoms with Gasteiger partial charge in [0.05, 0.1) is 6.10 Å². The minimum atomic E-state index is 0.513. The monoisotopic (exact) mass is 251 g/mol. The fourth-order valence-corrected chi connectivity index (χ4v) is 2.86. The van der Waals surface area contributed by atoms with Gasteiger partial charge in [0.15, 0.2) is 0 Å². The smallest absolute Gasteiger partial charge is 0.0604 e. The Labute approximate surface area is 108 Å². The van der Waals surface area contributed by atoms with E-state index in [0.717, 1.165) is 18.9 Å². The van der Waals surface area contributed by atoms with Crippen molar-refractivity contribution in [3.63, 3.8) is 0 Å². The van der Waals surface area contributed by atoms with Crippen LogP contribution in [0.2, 0.25) is 0 Å². The van der Waals surface area contributed by atoms with E-state index in [0.29, 0.717) is 12.1 Å². The van der Waals surface area contributed by atoms with Crippen LogP contribution in [0.4, 0.5) is 0 Å². The number of hydrogen-bond acceptors (Lipinski definition) is 3. The van der Waals surface area contributed by atoms with Crippen LogP contribution in [0.1, 0.15) is 19.8 Å². The van der Waals surface area contributed by atoms with E-state index in [1.807, 2.05) is 11.8 Å². The highest BCUT2D eigenvalue weighted by Crippen LogP contribution is 2.23. The van der Waals surface area contributed by atoms with E-state index in [9.17, 15) is 0 Å². The minimum Gasteiger partial charge on any atom is -0.378 e. The Morgan fingerprint density at radius 1 is 1.29 bits per heavy atom. The van der Waals surface area contributed by atoms with Gasteiger partial charge in [-0.1, -0.05) is 18.2 Å². The summed E-state index contributed by atoms with van der Waals surface area (Å²) in [6, 6.07) is 11.3. The highest BCUT2D eigenvalue weighted by molar-refractivity contribution is 7.99. The predicted octanol–water partition coefficient (Wildman–Crippen LogP) is 2.94. The van der Waals surface area contributed by atoms with Gasteiger partial charge in [-0.3, -0.25) is 0 Å². The number of rotatable bonds is 7. The second-order valence-electron chi connectivity index (χ2n) is 4.36. The largest absolute Gasteiger partial charge is 0.378 e. The maximum Gasteiger partial charge on any atom is 0.0604 e. The van der Waals surface area contributed by atoms with E-state index in [1.54, 1.807) is 0 Å². The molecule has 1 aromatic carbocycles. The molecular weight excluding hydrogens is 230 g/mol. The van der Waals surface area contributed by atoms with E-state index in [-0.39, 0.29) is 0 Å². The van der Waals surface area contributed by atoms with Crippen molar-refractivity contribution >= 4 is 11.8 Å². The Bertz CT molecular complexity index is 311. The molecule has 1 fully saturated rings. The molecule has 94 valence electrons. The first-order valence-electron chi connectivity index (χ1n) is 6.41. The summed E-state index contributed by atoms with van der Waals surface area (Å²) < 4.78 is 5.54. The molecule has 1 N–H and O–H groups in total. The maximum absolute atomic E-state index is 5.54. The molecule has 3 heteroatoms. The summed E-state index contributed by atoms with van der Waals surface area (Å²) in [5.74, 6) is 1.14. The lowest BCUT2D eigenvalue weighted by Gasteiger charge is -2.35. The SMILES string of the molecule is CCOC1CC(NCCSc2ccccc2)C1. The summed E-state index contributed by atoms with van der Waals surface area (Å²) in [5.41, 5.74) is 0. The first-order chi connectivity index (χ1) is 8.38. The lowest BCUT2D eigenvalue weighted by Crippen LogP contribution is -2.46. The molecule has 2 nitrogen and oxygen atoms in total. The second-order valence-corrected chi connectivity index (χ2v) is 5.53. The van der Waals surface area contributed by atoms with Crippen LogP contribution in [0.25, 0.3) is 0 Å². The van der Waals surface area contributed by atoms with Crippen molar-refractivity contribution in [1.82, 2.24) is 5.32 Å². The van der Waals surface area contributed by atoms with Crippen LogP contribution in [0, 0.1) is 0 Å². The van der Waals surface area contributed by atoms with Crippen molar-refractivity contribution < 1.29 is 4.74 Å². The Hall–Kier alpha value is -0.510. The summed E-state index contributed by atoms with van der Waals surface area (Å²) in [6.45, 7) is 4.00. The zero-order valence-corrected chi connectivity index (χ0v) is 11.2. The summed E-state index contributed by atoms with van der Waals surface area (Å²) in [5, 5.41) is 3.58. The predicted molar refractivity (Wildman–Crippen MR) is 73.6 cm³/mol. The average Bonchev–Trinajstić information content (AvgIpc) is 2.32. The summed E-state index contributed by atoms with van der Waals surface area (Å²) in [6.07, 6.45) is 2.88. The van der Waals surface area contributed by atoms with Crippen LogP contribution >= 0.6 is 11.8 Å². The second kappa shape index (κ2) is 7.04. The molecule has 0 unspecified atom stereocenters. The molecule has 0 saturated heterocycles. The topological polar surface area (TPSA) is 21.3 Å². The van der Waals surface area contributed by atoms with Gasteiger partial charge < -0.3 is 10.1 Å². The highest BCUT2D eigenvalue weighted by Gasteiger charge is 2.28. The third-order valence-electron chi connectivity index (χ3n) is 3.04. The molecule has 0 aliphatic heterocycles. The molecule has 17 heavy (non-hydrogen) atoms. The molecule has 0 spiro atoms. The fraction of sp³-hybridized carbons (Fsp3) is 0.571. The van der Waals surface area contributed by atoms with Gasteiger partial charge in [0.1, 0.15) is 0 Å². The van der Waals surface area contributed by atoms with Gasteiger partial charge in [0.25, 0.3) is 0 Å². The first kappa shape index (κ1) is 12.9. The maximum atomic E-state index is 5.54. The first-order valence-corrected chi connectivity index (χ1v) is 7.40. The average molecular weight is 251 g/mol. The molecule has 0 radical (unpaired) electrons. The Kier molecular flexibility index (Phi) is 5.36. The van der Waals surface area contributed by atoms with Gasteiger partial charge in [-0.25, -0.2) is 0 Å². The third kappa shape index (κ3) is 4.34. The summed E-state index contributed by atoms with van der Waals surface area (Å²) in [7, 11) is 0. The lowest BCUT2D eigenvalue weighted by molar-refractivity contribution is -0.00929. The Morgan fingerprint density at radius 2 is 2.06 bits per heavy atom. The summed E-state index contributed by atoms with van der Waals surface area (Å²) in [4.78, 5) is 1.36. The highest BCUT2D eigenvalue weighted by atomic mass is 32.2. The van der Waals surface area contributed by atoms with E-state index in [1.165, 1.54) is 17.7 Å².